The smallest absolute Gasteiger partial charge is 0.0446 e. The fourth-order valence-electron chi connectivity index (χ4n) is 1.57. The van der Waals surface area contributed by atoms with Crippen LogP contribution in [0.3, 0.4) is 0 Å². The first-order chi connectivity index (χ1) is 6.84. The van der Waals surface area contributed by atoms with Crippen molar-refractivity contribution in [2.75, 3.05) is 0 Å². The molecule has 0 heterocycles. The van der Waals surface area contributed by atoms with Crippen LogP contribution in [0.1, 0.15) is 46.0 Å². The summed E-state index contributed by atoms with van der Waals surface area (Å²) in [7, 11) is 0. The Morgan fingerprint density at radius 1 is 1.43 bits per heavy atom. The van der Waals surface area contributed by atoms with Crippen LogP contribution in [0.25, 0.3) is 0 Å². The van der Waals surface area contributed by atoms with Crippen molar-refractivity contribution in [3.63, 3.8) is 0 Å². The molecule has 0 heteroatoms. The second-order valence-corrected chi connectivity index (χ2v) is 3.91. The standard InChI is InChI=1S/C14H20/c1-3-4-5-6-7-11-14-12-9-8-10-13(14)2/h8-10,14H,3-6,12H2,1-2H3. The predicted molar refractivity (Wildman–Crippen MR) is 62.9 cm³/mol. The van der Waals surface area contributed by atoms with Gasteiger partial charge in [-0.15, -0.1) is 5.92 Å². The summed E-state index contributed by atoms with van der Waals surface area (Å²) in [5.74, 6) is 7.14. The first-order valence-electron chi connectivity index (χ1n) is 5.66. The van der Waals surface area contributed by atoms with Crippen LogP contribution in [0.2, 0.25) is 0 Å². The van der Waals surface area contributed by atoms with E-state index in [1.807, 2.05) is 0 Å². The van der Waals surface area contributed by atoms with Crippen molar-refractivity contribution < 1.29 is 0 Å². The van der Waals surface area contributed by atoms with Gasteiger partial charge in [-0.3, -0.25) is 0 Å². The van der Waals surface area contributed by atoms with Crippen LogP contribution in [0.15, 0.2) is 23.8 Å². The molecule has 1 rings (SSSR count). The maximum Gasteiger partial charge on any atom is 0.0446 e. The van der Waals surface area contributed by atoms with Crippen molar-refractivity contribution in [3.05, 3.63) is 23.8 Å². The Balaban J connectivity index is 2.29. The van der Waals surface area contributed by atoms with Crippen LogP contribution in [0.5, 0.6) is 0 Å². The lowest BCUT2D eigenvalue weighted by Crippen LogP contribution is -1.99. The van der Waals surface area contributed by atoms with E-state index < -0.39 is 0 Å². The molecule has 1 unspecified atom stereocenters. The molecule has 14 heavy (non-hydrogen) atoms. The molecule has 1 atom stereocenters. The van der Waals surface area contributed by atoms with Crippen LogP contribution < -0.4 is 0 Å². The van der Waals surface area contributed by atoms with Crippen molar-refractivity contribution in [1.82, 2.24) is 0 Å². The third-order valence-electron chi connectivity index (χ3n) is 2.60. The second-order valence-electron chi connectivity index (χ2n) is 3.91. The summed E-state index contributed by atoms with van der Waals surface area (Å²) < 4.78 is 0. The van der Waals surface area contributed by atoms with Crippen molar-refractivity contribution in [2.24, 2.45) is 5.92 Å². The van der Waals surface area contributed by atoms with Gasteiger partial charge in [0.05, 0.1) is 0 Å². The molecule has 0 saturated heterocycles. The molecule has 0 saturated carbocycles. The topological polar surface area (TPSA) is 0 Å². The number of hydrogen-bond donors (Lipinski definition) is 0. The second kappa shape index (κ2) is 6.49. The van der Waals surface area contributed by atoms with Crippen molar-refractivity contribution in [1.29, 1.82) is 0 Å². The fraction of sp³-hybridized carbons (Fsp3) is 0.571. The molecule has 0 aromatic carbocycles. The number of hydrogen-bond acceptors (Lipinski definition) is 0. The van der Waals surface area contributed by atoms with E-state index in [1.54, 1.807) is 0 Å². The van der Waals surface area contributed by atoms with E-state index in [4.69, 9.17) is 0 Å². The lowest BCUT2D eigenvalue weighted by molar-refractivity contribution is 0.734. The number of allylic oxidation sites excluding steroid dienone is 4. The van der Waals surface area contributed by atoms with Crippen LogP contribution in [0, 0.1) is 17.8 Å². The molecule has 0 nitrogen and oxygen atoms in total. The monoisotopic (exact) mass is 188 g/mol. The fourth-order valence-corrected chi connectivity index (χ4v) is 1.57. The van der Waals surface area contributed by atoms with E-state index in [0.29, 0.717) is 5.92 Å². The average molecular weight is 188 g/mol. The zero-order chi connectivity index (χ0) is 10.2. The van der Waals surface area contributed by atoms with Gasteiger partial charge in [0, 0.05) is 12.3 Å². The van der Waals surface area contributed by atoms with Gasteiger partial charge in [-0.1, -0.05) is 49.5 Å². The first kappa shape index (κ1) is 11.1. The Kier molecular flexibility index (Phi) is 5.15. The van der Waals surface area contributed by atoms with Gasteiger partial charge in [0.15, 0.2) is 0 Å². The minimum absolute atomic E-state index is 0.488. The largest absolute Gasteiger partial charge is 0.103 e. The molecule has 0 bridgehead atoms. The quantitative estimate of drug-likeness (QED) is 0.462. The minimum Gasteiger partial charge on any atom is -0.103 e. The van der Waals surface area contributed by atoms with E-state index in [2.05, 4.69) is 43.9 Å². The molecule has 0 N–H and O–H groups in total. The van der Waals surface area contributed by atoms with Crippen LogP contribution in [0.4, 0.5) is 0 Å². The average Bonchev–Trinajstić information content (AvgIpc) is 2.20. The van der Waals surface area contributed by atoms with Gasteiger partial charge in [0.1, 0.15) is 0 Å². The normalized spacial score (nSPS) is 19.9. The van der Waals surface area contributed by atoms with E-state index >= 15 is 0 Å². The van der Waals surface area contributed by atoms with Gasteiger partial charge in [-0.2, -0.15) is 0 Å². The summed E-state index contributed by atoms with van der Waals surface area (Å²) in [6, 6.07) is 0. The molecular weight excluding hydrogens is 168 g/mol. The Labute approximate surface area is 88.1 Å². The Bertz CT molecular complexity index is 270. The molecule has 0 aliphatic heterocycles. The molecule has 0 radical (unpaired) electrons. The lowest BCUT2D eigenvalue weighted by atomic mass is 9.93. The van der Waals surface area contributed by atoms with Crippen molar-refractivity contribution >= 4 is 0 Å². The first-order valence-corrected chi connectivity index (χ1v) is 5.66. The zero-order valence-electron chi connectivity index (χ0n) is 9.34. The predicted octanol–water partition coefficient (Wildman–Crippen LogP) is 4.09. The third kappa shape index (κ3) is 3.83. The number of unbranched alkanes of at least 4 members (excludes halogenated alkanes) is 3. The van der Waals surface area contributed by atoms with Crippen LogP contribution in [-0.4, -0.2) is 0 Å². The van der Waals surface area contributed by atoms with Gasteiger partial charge < -0.3 is 0 Å². The van der Waals surface area contributed by atoms with E-state index in [9.17, 15) is 0 Å². The van der Waals surface area contributed by atoms with Gasteiger partial charge in [0.25, 0.3) is 0 Å². The molecule has 0 aromatic heterocycles. The highest BCUT2D eigenvalue weighted by molar-refractivity contribution is 5.26. The zero-order valence-corrected chi connectivity index (χ0v) is 9.34. The minimum atomic E-state index is 0.488. The van der Waals surface area contributed by atoms with E-state index in [1.165, 1.54) is 24.8 Å². The maximum atomic E-state index is 3.36. The van der Waals surface area contributed by atoms with Crippen LogP contribution in [-0.2, 0) is 0 Å². The highest BCUT2D eigenvalue weighted by Crippen LogP contribution is 2.18. The van der Waals surface area contributed by atoms with Crippen LogP contribution >= 0.6 is 0 Å². The number of rotatable bonds is 3. The summed E-state index contributed by atoms with van der Waals surface area (Å²) in [5.41, 5.74) is 1.41. The highest BCUT2D eigenvalue weighted by Gasteiger charge is 2.06. The Morgan fingerprint density at radius 2 is 2.29 bits per heavy atom. The molecular formula is C14H20. The summed E-state index contributed by atoms with van der Waals surface area (Å²) in [4.78, 5) is 0. The molecule has 0 aromatic rings. The summed E-state index contributed by atoms with van der Waals surface area (Å²) in [6.45, 7) is 4.40. The molecule has 1 aliphatic carbocycles. The van der Waals surface area contributed by atoms with Gasteiger partial charge >= 0.3 is 0 Å². The molecule has 0 fully saturated rings. The summed E-state index contributed by atoms with van der Waals surface area (Å²) in [5, 5.41) is 0. The van der Waals surface area contributed by atoms with Gasteiger partial charge in [-0.05, 0) is 19.8 Å². The van der Waals surface area contributed by atoms with Crippen molar-refractivity contribution in [2.45, 2.75) is 46.0 Å². The summed E-state index contributed by atoms with van der Waals surface area (Å²) in [6.07, 6.45) is 12.5. The highest BCUT2D eigenvalue weighted by atomic mass is 14.1. The van der Waals surface area contributed by atoms with Gasteiger partial charge in [0.2, 0.25) is 0 Å². The summed E-state index contributed by atoms with van der Waals surface area (Å²) >= 11 is 0. The lowest BCUT2D eigenvalue weighted by Gasteiger charge is -2.11. The molecule has 1 aliphatic rings. The van der Waals surface area contributed by atoms with E-state index in [-0.39, 0.29) is 0 Å². The SMILES string of the molecule is CCCCCC#CC1CC=CC=C1C. The molecule has 76 valence electrons. The Hall–Kier alpha value is -0.960. The third-order valence-corrected chi connectivity index (χ3v) is 2.60. The van der Waals surface area contributed by atoms with Gasteiger partial charge in [-0.25, -0.2) is 0 Å². The Morgan fingerprint density at radius 3 is 3.00 bits per heavy atom. The molecule has 0 spiro atoms. The maximum absolute atomic E-state index is 3.36. The van der Waals surface area contributed by atoms with Crippen molar-refractivity contribution in [3.8, 4) is 11.8 Å². The van der Waals surface area contributed by atoms with E-state index in [0.717, 1.165) is 12.8 Å². The molecule has 0 amide bonds.